The summed E-state index contributed by atoms with van der Waals surface area (Å²) in [6, 6.07) is 15.9. The van der Waals surface area contributed by atoms with Crippen LogP contribution in [0.1, 0.15) is 28.8 Å². The zero-order valence-electron chi connectivity index (χ0n) is 14.9. The zero-order valence-corrected chi connectivity index (χ0v) is 14.9. The first kappa shape index (κ1) is 18.6. The molecule has 1 saturated heterocycles. The molecule has 6 nitrogen and oxygen atoms in total. The van der Waals surface area contributed by atoms with Gasteiger partial charge in [-0.2, -0.15) is 0 Å². The van der Waals surface area contributed by atoms with Crippen LogP contribution in [0.3, 0.4) is 0 Å². The lowest BCUT2D eigenvalue weighted by Crippen LogP contribution is -2.43. The molecule has 0 bridgehead atoms. The molecule has 2 aromatic rings. The number of hydrogen-bond acceptors (Lipinski definition) is 3. The quantitative estimate of drug-likeness (QED) is 0.852. The number of rotatable bonds is 5. The molecule has 1 atom stereocenters. The number of carbonyl (C=O) groups excluding carboxylic acids is 2. The first-order valence-corrected chi connectivity index (χ1v) is 8.99. The molecule has 2 aromatic carbocycles. The fourth-order valence-electron chi connectivity index (χ4n) is 3.26. The molecule has 2 N–H and O–H groups in total. The number of hydrogen-bond donors (Lipinski definition) is 2. The number of aliphatic carboxylic acids is 1. The summed E-state index contributed by atoms with van der Waals surface area (Å²) in [5, 5.41) is 11.7. The molecule has 0 saturated carbocycles. The monoisotopic (exact) mass is 366 g/mol. The van der Waals surface area contributed by atoms with Crippen LogP contribution < -0.4 is 5.32 Å². The van der Waals surface area contributed by atoms with Crippen molar-refractivity contribution in [3.8, 4) is 0 Å². The standard InChI is InChI=1S/C21H22N2O4/c24-19(25)13-15-8-10-18(11-9-15)22-20(26)17-7-4-12-23(14-17)21(27)16-5-2-1-3-6-16/h1-3,5-6,8-11,17H,4,7,12-14H2,(H,22,26)(H,24,25). The average molecular weight is 366 g/mol. The van der Waals surface area contributed by atoms with Crippen LogP contribution >= 0.6 is 0 Å². The third kappa shape index (κ3) is 4.94. The Morgan fingerprint density at radius 1 is 1.04 bits per heavy atom. The maximum Gasteiger partial charge on any atom is 0.307 e. The molecule has 1 aliphatic heterocycles. The minimum absolute atomic E-state index is 0.0482. The van der Waals surface area contributed by atoms with Gasteiger partial charge >= 0.3 is 5.97 Å². The van der Waals surface area contributed by atoms with Crippen LogP contribution in [0.25, 0.3) is 0 Å². The molecule has 27 heavy (non-hydrogen) atoms. The van der Waals surface area contributed by atoms with Crippen molar-refractivity contribution in [2.45, 2.75) is 19.3 Å². The number of carbonyl (C=O) groups is 3. The van der Waals surface area contributed by atoms with E-state index >= 15 is 0 Å². The van der Waals surface area contributed by atoms with E-state index in [-0.39, 0.29) is 24.2 Å². The van der Waals surface area contributed by atoms with Gasteiger partial charge in [0.05, 0.1) is 12.3 Å². The van der Waals surface area contributed by atoms with Gasteiger partial charge in [-0.1, -0.05) is 30.3 Å². The number of carboxylic acid groups (broad SMARTS) is 1. The number of piperidine rings is 1. The lowest BCUT2D eigenvalue weighted by Gasteiger charge is -2.32. The number of carboxylic acids is 1. The Labute approximate surface area is 157 Å². The molecule has 0 radical (unpaired) electrons. The predicted octanol–water partition coefficient (Wildman–Crippen LogP) is 2.80. The van der Waals surface area contributed by atoms with E-state index in [0.717, 1.165) is 12.8 Å². The Balaban J connectivity index is 1.59. The number of nitrogens with zero attached hydrogens (tertiary/aromatic N) is 1. The van der Waals surface area contributed by atoms with Crippen LogP contribution in [0.15, 0.2) is 54.6 Å². The molecule has 1 heterocycles. The van der Waals surface area contributed by atoms with Crippen molar-refractivity contribution in [3.05, 3.63) is 65.7 Å². The second-order valence-electron chi connectivity index (χ2n) is 6.71. The van der Waals surface area contributed by atoms with Crippen LogP contribution in [0, 0.1) is 5.92 Å². The molecule has 1 aliphatic rings. The highest BCUT2D eigenvalue weighted by Gasteiger charge is 2.28. The lowest BCUT2D eigenvalue weighted by molar-refractivity contribution is -0.136. The summed E-state index contributed by atoms with van der Waals surface area (Å²) in [5.74, 6) is -1.32. The number of anilines is 1. The van der Waals surface area contributed by atoms with Crippen LogP contribution in [-0.2, 0) is 16.0 Å². The van der Waals surface area contributed by atoms with Gasteiger partial charge in [-0.05, 0) is 42.7 Å². The van der Waals surface area contributed by atoms with Gasteiger partial charge in [0.1, 0.15) is 0 Å². The normalized spacial score (nSPS) is 16.6. The van der Waals surface area contributed by atoms with Gasteiger partial charge in [-0.25, -0.2) is 0 Å². The Hall–Kier alpha value is -3.15. The van der Waals surface area contributed by atoms with Crippen molar-refractivity contribution in [3.63, 3.8) is 0 Å². The van der Waals surface area contributed by atoms with E-state index in [1.807, 2.05) is 18.2 Å². The molecular weight excluding hydrogens is 344 g/mol. The van der Waals surface area contributed by atoms with E-state index in [9.17, 15) is 14.4 Å². The van der Waals surface area contributed by atoms with Gasteiger partial charge in [0.15, 0.2) is 0 Å². The lowest BCUT2D eigenvalue weighted by atomic mass is 9.96. The zero-order chi connectivity index (χ0) is 19.2. The van der Waals surface area contributed by atoms with Crippen molar-refractivity contribution in [1.29, 1.82) is 0 Å². The Bertz CT molecular complexity index is 818. The summed E-state index contributed by atoms with van der Waals surface area (Å²) in [6.07, 6.45) is 1.48. The molecule has 0 aliphatic carbocycles. The number of benzene rings is 2. The number of likely N-dealkylation sites (tertiary alicyclic amines) is 1. The smallest absolute Gasteiger partial charge is 0.307 e. The van der Waals surface area contributed by atoms with Gasteiger partial charge < -0.3 is 15.3 Å². The van der Waals surface area contributed by atoms with Crippen LogP contribution in [-0.4, -0.2) is 40.9 Å². The van der Waals surface area contributed by atoms with Gasteiger partial charge in [-0.3, -0.25) is 14.4 Å². The topological polar surface area (TPSA) is 86.7 Å². The van der Waals surface area contributed by atoms with E-state index < -0.39 is 5.97 Å². The largest absolute Gasteiger partial charge is 0.481 e. The SMILES string of the molecule is O=C(O)Cc1ccc(NC(=O)C2CCCN(C(=O)c3ccccc3)C2)cc1. The first-order valence-electron chi connectivity index (χ1n) is 8.99. The fraction of sp³-hybridized carbons (Fsp3) is 0.286. The van der Waals surface area contributed by atoms with Crippen LogP contribution in [0.4, 0.5) is 5.69 Å². The van der Waals surface area contributed by atoms with E-state index in [4.69, 9.17) is 5.11 Å². The van der Waals surface area contributed by atoms with E-state index in [0.29, 0.717) is 29.9 Å². The third-order valence-corrected chi connectivity index (χ3v) is 4.68. The van der Waals surface area contributed by atoms with Crippen molar-refractivity contribution in [1.82, 2.24) is 4.90 Å². The maximum atomic E-state index is 12.6. The fourth-order valence-corrected chi connectivity index (χ4v) is 3.26. The van der Waals surface area contributed by atoms with E-state index in [1.54, 1.807) is 41.3 Å². The van der Waals surface area contributed by atoms with Crippen molar-refractivity contribution >= 4 is 23.5 Å². The Morgan fingerprint density at radius 2 is 1.74 bits per heavy atom. The molecule has 6 heteroatoms. The van der Waals surface area contributed by atoms with Gasteiger partial charge in [-0.15, -0.1) is 0 Å². The van der Waals surface area contributed by atoms with E-state index in [1.165, 1.54) is 0 Å². The van der Waals surface area contributed by atoms with Gasteiger partial charge in [0, 0.05) is 24.3 Å². The average Bonchev–Trinajstić information content (AvgIpc) is 2.69. The molecular formula is C21H22N2O4. The highest BCUT2D eigenvalue weighted by Crippen LogP contribution is 2.21. The third-order valence-electron chi connectivity index (χ3n) is 4.68. The Kier molecular flexibility index (Phi) is 5.86. The number of nitrogens with one attached hydrogen (secondary N) is 1. The number of amides is 2. The highest BCUT2D eigenvalue weighted by atomic mass is 16.4. The first-order chi connectivity index (χ1) is 13.0. The summed E-state index contributed by atoms with van der Waals surface area (Å²) >= 11 is 0. The second kappa shape index (κ2) is 8.49. The summed E-state index contributed by atoms with van der Waals surface area (Å²) in [7, 11) is 0. The Morgan fingerprint density at radius 3 is 2.41 bits per heavy atom. The molecule has 3 rings (SSSR count). The van der Waals surface area contributed by atoms with Crippen molar-refractivity contribution < 1.29 is 19.5 Å². The molecule has 1 fully saturated rings. The summed E-state index contributed by atoms with van der Waals surface area (Å²) in [6.45, 7) is 1.05. The second-order valence-corrected chi connectivity index (χ2v) is 6.71. The minimum atomic E-state index is -0.892. The van der Waals surface area contributed by atoms with Crippen LogP contribution in [0.5, 0.6) is 0 Å². The minimum Gasteiger partial charge on any atom is -0.481 e. The molecule has 0 aromatic heterocycles. The molecule has 140 valence electrons. The highest BCUT2D eigenvalue weighted by molar-refractivity contribution is 5.96. The van der Waals surface area contributed by atoms with Crippen molar-refractivity contribution in [2.24, 2.45) is 5.92 Å². The van der Waals surface area contributed by atoms with E-state index in [2.05, 4.69) is 5.32 Å². The van der Waals surface area contributed by atoms with Gasteiger partial charge in [0.2, 0.25) is 5.91 Å². The van der Waals surface area contributed by atoms with Crippen molar-refractivity contribution in [2.75, 3.05) is 18.4 Å². The summed E-state index contributed by atoms with van der Waals surface area (Å²) < 4.78 is 0. The summed E-state index contributed by atoms with van der Waals surface area (Å²) in [4.78, 5) is 37.6. The predicted molar refractivity (Wildman–Crippen MR) is 101 cm³/mol. The maximum absolute atomic E-state index is 12.6. The summed E-state index contributed by atoms with van der Waals surface area (Å²) in [5.41, 5.74) is 1.94. The van der Waals surface area contributed by atoms with Gasteiger partial charge in [0.25, 0.3) is 5.91 Å². The molecule has 2 amide bonds. The van der Waals surface area contributed by atoms with Crippen LogP contribution in [0.2, 0.25) is 0 Å². The molecule has 1 unspecified atom stereocenters. The molecule has 0 spiro atoms.